The Hall–Kier alpha value is -5.55. The molecule has 0 radical (unpaired) electrons. The zero-order valence-corrected chi connectivity index (χ0v) is 38.2. The van der Waals surface area contributed by atoms with Crippen LogP contribution >= 0.6 is 0 Å². The van der Waals surface area contributed by atoms with Crippen LogP contribution in [0.1, 0.15) is 0 Å². The molecule has 30 nitrogen and oxygen atoms in total. The van der Waals surface area contributed by atoms with Crippen molar-refractivity contribution in [3.8, 4) is 5.75 Å². The maximum atomic E-state index is 12.8. The van der Waals surface area contributed by atoms with Gasteiger partial charge in [-0.3, -0.25) is 22.8 Å². The molecule has 0 saturated heterocycles. The van der Waals surface area contributed by atoms with E-state index >= 15 is 0 Å². The molecule has 0 saturated carbocycles. The van der Waals surface area contributed by atoms with Crippen molar-refractivity contribution >= 4 is 116 Å². The highest BCUT2D eigenvalue weighted by Crippen LogP contribution is 2.46. The quantitative estimate of drug-likeness (QED) is 0.0380. The number of azo groups is 3. The summed E-state index contributed by atoms with van der Waals surface area (Å²) in [6, 6.07) is 7.61. The van der Waals surface area contributed by atoms with Crippen molar-refractivity contribution in [3.63, 3.8) is 0 Å². The van der Waals surface area contributed by atoms with E-state index in [9.17, 15) is 72.6 Å². The van der Waals surface area contributed by atoms with E-state index in [1.807, 2.05) is 0 Å². The van der Waals surface area contributed by atoms with Crippen LogP contribution in [0.2, 0.25) is 0 Å². The van der Waals surface area contributed by atoms with Gasteiger partial charge in [-0.15, -0.1) is 30.7 Å². The minimum Gasteiger partial charge on any atom is -0.497 e. The lowest BCUT2D eigenvalue weighted by Gasteiger charge is -2.11. The van der Waals surface area contributed by atoms with E-state index in [4.69, 9.17) is 25.3 Å². The van der Waals surface area contributed by atoms with Gasteiger partial charge in [0.15, 0.2) is 19.7 Å². The summed E-state index contributed by atoms with van der Waals surface area (Å²) in [6.07, 6.45) is 0. The van der Waals surface area contributed by atoms with E-state index in [0.29, 0.717) is 24.3 Å². The van der Waals surface area contributed by atoms with Crippen molar-refractivity contribution in [2.75, 3.05) is 43.3 Å². The Morgan fingerprint density at radius 1 is 0.455 bits per heavy atom. The van der Waals surface area contributed by atoms with Crippen LogP contribution in [0.3, 0.4) is 0 Å². The molecule has 0 spiro atoms. The maximum absolute atomic E-state index is 12.8. The molecule has 0 heterocycles. The third-order valence-electron chi connectivity index (χ3n) is 7.87. The first kappa shape index (κ1) is 53.1. The molecule has 0 aliphatic rings. The Kier molecular flexibility index (Phi) is 15.9. The summed E-state index contributed by atoms with van der Waals surface area (Å²) >= 11 is 0. The minimum atomic E-state index is -5.37. The minimum absolute atomic E-state index is 0.0622. The summed E-state index contributed by atoms with van der Waals surface area (Å²) in [5.74, 6) is -2.31. The Balaban J connectivity index is 1.93. The molecule has 4 aromatic carbocycles. The third kappa shape index (κ3) is 14.2. The smallest absolute Gasteiger partial charge is 0.397 e. The van der Waals surface area contributed by atoms with Crippen LogP contribution in [0, 0.1) is 0 Å². The molecule has 4 rings (SSSR count). The van der Waals surface area contributed by atoms with E-state index < -0.39 is 166 Å². The summed E-state index contributed by atoms with van der Waals surface area (Å²) in [7, 11) is -33.9. The molecular formula is C29H30N8O22S7. The van der Waals surface area contributed by atoms with Crippen LogP contribution in [-0.4, -0.2) is 114 Å². The second-order valence-electron chi connectivity index (χ2n) is 12.3. The normalized spacial score (nSPS) is 13.5. The van der Waals surface area contributed by atoms with Gasteiger partial charge in [0.05, 0.1) is 53.0 Å². The van der Waals surface area contributed by atoms with E-state index in [2.05, 4.69) is 39.1 Å². The molecule has 0 fully saturated rings. The fourth-order valence-corrected chi connectivity index (χ4v) is 9.97. The standard InChI is InChI=1S/C29H30N8O22S7/c1-57-16-2-5-19(24(12-16)62(42,43)44)34-37-29-27(30)22(35-32-20-6-3-17(13-25(20)63(45,46)47)60(38,39)10-8-58-65(51,52)53)15-23(28(29)31)36-33-21-7-4-18(14-26(21)64(48,49)50)61(40,41)11-9-59-66(54,55)56/h2-7,12-15H,8-11,30-31H2,1H3,(H,42,43,44)(H,45,46,47)(H,48,49,50)(H,51,52,53)(H,54,55,56)/b35-32+,36-33+,37-34+. The van der Waals surface area contributed by atoms with Crippen molar-refractivity contribution < 1.29 is 94.8 Å². The number of nitrogens with two attached hydrogens (primary N) is 2. The van der Waals surface area contributed by atoms with E-state index in [1.54, 1.807) is 0 Å². The highest BCUT2D eigenvalue weighted by molar-refractivity contribution is 7.92. The number of nitrogen functional groups attached to an aromatic ring is 2. The zero-order valence-electron chi connectivity index (χ0n) is 32.5. The van der Waals surface area contributed by atoms with Gasteiger partial charge < -0.3 is 16.2 Å². The molecule has 4 aromatic rings. The van der Waals surface area contributed by atoms with Crippen molar-refractivity contribution in [1.29, 1.82) is 0 Å². The lowest BCUT2D eigenvalue weighted by molar-refractivity contribution is 0.282. The molecule has 37 heteroatoms. The van der Waals surface area contributed by atoms with Crippen LogP contribution in [0.4, 0.5) is 45.5 Å². The molecule has 0 bridgehead atoms. The van der Waals surface area contributed by atoms with Crippen LogP contribution < -0.4 is 16.2 Å². The van der Waals surface area contributed by atoms with Gasteiger partial charge in [0.2, 0.25) is 0 Å². The number of ether oxygens (including phenoxy) is 1. The summed E-state index contributed by atoms with van der Waals surface area (Å²) in [4.78, 5) is -4.91. The summed E-state index contributed by atoms with van der Waals surface area (Å²) in [5, 5.41) is 22.5. The predicted molar refractivity (Wildman–Crippen MR) is 222 cm³/mol. The number of rotatable bonds is 20. The zero-order chi connectivity index (χ0) is 49.8. The lowest BCUT2D eigenvalue weighted by Crippen LogP contribution is -2.16. The number of sulfone groups is 2. The number of nitrogens with zero attached hydrogens (tertiary/aromatic N) is 6. The molecule has 0 unspecified atom stereocenters. The Bertz CT molecular complexity index is 3310. The van der Waals surface area contributed by atoms with Crippen LogP contribution in [0.15, 0.2) is 116 Å². The summed E-state index contributed by atoms with van der Waals surface area (Å²) < 4.78 is 228. The van der Waals surface area contributed by atoms with Crippen molar-refractivity contribution in [1.82, 2.24) is 0 Å². The van der Waals surface area contributed by atoms with Crippen molar-refractivity contribution in [2.24, 2.45) is 30.7 Å². The molecule has 9 N–H and O–H groups in total. The van der Waals surface area contributed by atoms with Crippen LogP contribution in [0.25, 0.3) is 0 Å². The van der Waals surface area contributed by atoms with E-state index in [1.165, 1.54) is 13.2 Å². The van der Waals surface area contributed by atoms with E-state index in [0.717, 1.165) is 30.3 Å². The Morgan fingerprint density at radius 3 is 1.14 bits per heavy atom. The monoisotopic (exact) mass is 1070 g/mol. The third-order valence-corrected chi connectivity index (χ3v) is 14.8. The highest BCUT2D eigenvalue weighted by atomic mass is 32.3. The topological polar surface area (TPSA) is 494 Å². The SMILES string of the molecule is COc1ccc(/N=N/c2c(N)c(/N=N/c3ccc(S(=O)(=O)CCOS(=O)(=O)O)cc3S(=O)(=O)O)cc(/N=N/c3ccc(S(=O)(=O)CCOS(=O)(=O)O)cc3S(=O)(=O)O)c2N)c(S(=O)(=O)O)c1. The van der Waals surface area contributed by atoms with Crippen LogP contribution in [-0.2, 0) is 79.2 Å². The fraction of sp³-hybridized carbons (Fsp3) is 0.172. The summed E-state index contributed by atoms with van der Waals surface area (Å²) in [6.45, 7) is -2.23. The molecule has 0 amide bonds. The van der Waals surface area contributed by atoms with Gasteiger partial charge in [-0.25, -0.2) is 25.2 Å². The van der Waals surface area contributed by atoms with Gasteiger partial charge in [-0.1, -0.05) is 0 Å². The number of benzene rings is 4. The Labute approximate surface area is 374 Å². The molecule has 0 aliphatic carbocycles. The van der Waals surface area contributed by atoms with E-state index in [-0.39, 0.29) is 5.75 Å². The van der Waals surface area contributed by atoms with Gasteiger partial charge in [0, 0.05) is 6.07 Å². The molecular weight excluding hydrogens is 1040 g/mol. The molecule has 66 heavy (non-hydrogen) atoms. The first-order chi connectivity index (χ1) is 30.1. The summed E-state index contributed by atoms with van der Waals surface area (Å²) in [5.41, 5.74) is 7.22. The second-order valence-corrected chi connectivity index (χ2v) is 22.9. The van der Waals surface area contributed by atoms with Gasteiger partial charge in [0.1, 0.15) is 54.6 Å². The number of methoxy groups -OCH3 is 1. The van der Waals surface area contributed by atoms with Crippen molar-refractivity contribution in [3.05, 3.63) is 60.7 Å². The molecule has 0 aliphatic heterocycles. The van der Waals surface area contributed by atoms with Gasteiger partial charge in [0.25, 0.3) is 30.4 Å². The fourth-order valence-electron chi connectivity index (χ4n) is 4.86. The first-order valence-corrected chi connectivity index (χ1v) is 27.0. The second kappa shape index (κ2) is 19.7. The predicted octanol–water partition coefficient (Wildman–Crippen LogP) is 3.03. The average Bonchev–Trinajstić information content (AvgIpc) is 3.17. The molecule has 0 atom stereocenters. The first-order valence-electron chi connectivity index (χ1n) is 16.7. The highest BCUT2D eigenvalue weighted by Gasteiger charge is 2.26. The van der Waals surface area contributed by atoms with Gasteiger partial charge in [-0.2, -0.15) is 42.1 Å². The molecule has 360 valence electrons. The van der Waals surface area contributed by atoms with Crippen LogP contribution in [0.5, 0.6) is 5.75 Å². The maximum Gasteiger partial charge on any atom is 0.397 e. The molecule has 0 aromatic heterocycles. The number of hydrogen-bond donors (Lipinski definition) is 7. The largest absolute Gasteiger partial charge is 0.497 e. The number of hydrogen-bond acceptors (Lipinski definition) is 25. The lowest BCUT2D eigenvalue weighted by atomic mass is 10.2. The van der Waals surface area contributed by atoms with Crippen molar-refractivity contribution in [2.45, 2.75) is 24.5 Å². The van der Waals surface area contributed by atoms with Gasteiger partial charge in [-0.05, 0) is 54.6 Å². The Morgan fingerprint density at radius 2 is 0.788 bits per heavy atom. The van der Waals surface area contributed by atoms with Gasteiger partial charge >= 0.3 is 20.8 Å². The average molecular weight is 1070 g/mol. The number of anilines is 2.